The highest BCUT2D eigenvalue weighted by Gasteiger charge is 2.08. The monoisotopic (exact) mass is 312 g/mol. The van der Waals surface area contributed by atoms with E-state index in [2.05, 4.69) is 0 Å². The first-order chi connectivity index (χ1) is 10.0. The highest BCUT2D eigenvalue weighted by atomic mass is 19.3. The lowest BCUT2D eigenvalue weighted by Crippen LogP contribution is -1.98. The van der Waals surface area contributed by atoms with Gasteiger partial charge in [0.1, 0.15) is 0 Å². The molecule has 2 aromatic rings. The fourth-order valence-electron chi connectivity index (χ4n) is 0.770. The van der Waals surface area contributed by atoms with Gasteiger partial charge in [-0.1, -0.05) is 108 Å². The Balaban J connectivity index is -0.0000000977. The van der Waals surface area contributed by atoms with Crippen LogP contribution in [0.1, 0.15) is 49.0 Å². The van der Waals surface area contributed by atoms with Crippen LogP contribution in [0.5, 0.6) is 0 Å². The van der Waals surface area contributed by atoms with Crippen LogP contribution in [-0.4, -0.2) is 5.92 Å². The van der Waals surface area contributed by atoms with Crippen LogP contribution in [-0.2, 0) is 0 Å². The van der Waals surface area contributed by atoms with Crippen molar-refractivity contribution in [2.45, 2.75) is 54.9 Å². The van der Waals surface area contributed by atoms with Crippen molar-refractivity contribution in [1.29, 1.82) is 0 Å². The molecule has 0 saturated carbocycles. The van der Waals surface area contributed by atoms with Crippen LogP contribution >= 0.6 is 0 Å². The summed E-state index contributed by atoms with van der Waals surface area (Å²) >= 11 is 0. The minimum atomic E-state index is -2.50. The molecule has 0 bridgehead atoms. The first-order valence-corrected chi connectivity index (χ1v) is 7.38. The molecule has 0 fully saturated rings. The lowest BCUT2D eigenvalue weighted by Gasteiger charge is -1.94. The Bertz CT molecular complexity index is 248. The van der Waals surface area contributed by atoms with Crippen LogP contribution in [0.15, 0.2) is 72.8 Å². The zero-order chi connectivity index (χ0) is 17.0. The third-order valence-electron chi connectivity index (χ3n) is 1.33. The van der Waals surface area contributed by atoms with Gasteiger partial charge < -0.3 is 0 Å². The van der Waals surface area contributed by atoms with Crippen LogP contribution in [0.3, 0.4) is 0 Å². The third-order valence-corrected chi connectivity index (χ3v) is 1.33. The molecule has 2 heteroatoms. The summed E-state index contributed by atoms with van der Waals surface area (Å²) in [5.41, 5.74) is 0. The highest BCUT2D eigenvalue weighted by Crippen LogP contribution is 2.06. The molecule has 0 spiro atoms. The lowest BCUT2D eigenvalue weighted by molar-refractivity contribution is 0.0437. The van der Waals surface area contributed by atoms with Crippen LogP contribution in [0.4, 0.5) is 8.78 Å². The molecule has 2 aromatic carbocycles. The van der Waals surface area contributed by atoms with E-state index in [4.69, 9.17) is 0 Å². The number of hydrogen-bond acceptors (Lipinski definition) is 0. The Morgan fingerprint density at radius 3 is 0.545 bits per heavy atom. The summed E-state index contributed by atoms with van der Waals surface area (Å²) in [6.45, 7) is 9.71. The zero-order valence-electron chi connectivity index (χ0n) is 14.2. The van der Waals surface area contributed by atoms with Gasteiger partial charge in [0, 0.05) is 0 Å². The molecule has 0 nitrogen and oxygen atoms in total. The molecule has 0 aliphatic rings. The van der Waals surface area contributed by atoms with Gasteiger partial charge in [0.05, 0.1) is 0 Å². The molecule has 0 amide bonds. The minimum Gasteiger partial charge on any atom is -0.208 e. The van der Waals surface area contributed by atoms with Gasteiger partial charge in [-0.2, -0.15) is 0 Å². The fraction of sp³-hybridized carbons (Fsp3) is 0.400. The minimum absolute atomic E-state index is 0. The predicted molar refractivity (Wildman–Crippen MR) is 98.6 cm³/mol. The molecule has 128 valence electrons. The van der Waals surface area contributed by atoms with Crippen molar-refractivity contribution >= 4 is 0 Å². The summed E-state index contributed by atoms with van der Waals surface area (Å²) in [5.74, 6) is -2.50. The lowest BCUT2D eigenvalue weighted by atomic mass is 10.4. The maximum Gasteiger partial charge on any atom is 0.242 e. The molecule has 0 heterocycles. The van der Waals surface area contributed by atoms with Crippen molar-refractivity contribution in [2.75, 3.05) is 0 Å². The smallest absolute Gasteiger partial charge is 0.208 e. The fourth-order valence-corrected chi connectivity index (χ4v) is 0.770. The average molecular weight is 312 g/mol. The standard InChI is InChI=1S/2C6H6.C3H6F2.2C2H6.CH4/c2*1-2-4-6-5-3-1;1-3(2,4)5;2*1-2;/h2*1-6H;1-2H3;2*1-2H3;1H4. The van der Waals surface area contributed by atoms with E-state index in [0.29, 0.717) is 0 Å². The molecule has 0 saturated heterocycles. The first kappa shape index (κ1) is 28.5. The summed E-state index contributed by atoms with van der Waals surface area (Å²) < 4.78 is 22.0. The van der Waals surface area contributed by atoms with E-state index in [0.717, 1.165) is 13.8 Å². The molecule has 0 aliphatic carbocycles. The van der Waals surface area contributed by atoms with Crippen molar-refractivity contribution in [2.24, 2.45) is 0 Å². The quantitative estimate of drug-likeness (QED) is 0.467. The first-order valence-electron chi connectivity index (χ1n) is 7.38. The van der Waals surface area contributed by atoms with E-state index in [1.54, 1.807) is 0 Å². The second-order valence-electron chi connectivity index (χ2n) is 3.64. The van der Waals surface area contributed by atoms with Crippen LogP contribution < -0.4 is 0 Å². The molecule has 22 heavy (non-hydrogen) atoms. The molecule has 0 unspecified atom stereocenters. The summed E-state index contributed by atoms with van der Waals surface area (Å²) in [5, 5.41) is 0. The van der Waals surface area contributed by atoms with E-state index in [-0.39, 0.29) is 7.43 Å². The van der Waals surface area contributed by atoms with Gasteiger partial charge in [0.25, 0.3) is 0 Å². The van der Waals surface area contributed by atoms with Gasteiger partial charge >= 0.3 is 0 Å². The largest absolute Gasteiger partial charge is 0.242 e. The second kappa shape index (κ2) is 24.3. The Morgan fingerprint density at radius 1 is 0.455 bits per heavy atom. The Labute approximate surface area is 137 Å². The number of benzene rings is 2. The van der Waals surface area contributed by atoms with E-state index in [1.165, 1.54) is 0 Å². The predicted octanol–water partition coefficient (Wildman–Crippen LogP) is 7.72. The number of alkyl halides is 2. The van der Waals surface area contributed by atoms with E-state index >= 15 is 0 Å². The van der Waals surface area contributed by atoms with Crippen molar-refractivity contribution in [3.05, 3.63) is 72.8 Å². The van der Waals surface area contributed by atoms with E-state index in [9.17, 15) is 8.78 Å². The van der Waals surface area contributed by atoms with Crippen molar-refractivity contribution < 1.29 is 8.78 Å². The van der Waals surface area contributed by atoms with Crippen LogP contribution in [0.25, 0.3) is 0 Å². The molecule has 0 N–H and O–H groups in total. The van der Waals surface area contributed by atoms with Gasteiger partial charge in [-0.05, 0) is 13.8 Å². The molecule has 0 radical (unpaired) electrons. The number of rotatable bonds is 0. The van der Waals surface area contributed by atoms with E-state index in [1.807, 2.05) is 100 Å². The molecule has 0 aromatic heterocycles. The maximum atomic E-state index is 11.0. The summed E-state index contributed by atoms with van der Waals surface area (Å²) in [4.78, 5) is 0. The van der Waals surface area contributed by atoms with Crippen molar-refractivity contribution in [3.63, 3.8) is 0 Å². The van der Waals surface area contributed by atoms with Crippen LogP contribution in [0.2, 0.25) is 0 Å². The zero-order valence-corrected chi connectivity index (χ0v) is 14.2. The van der Waals surface area contributed by atoms with E-state index < -0.39 is 5.92 Å². The number of halogens is 2. The van der Waals surface area contributed by atoms with Gasteiger partial charge in [-0.3, -0.25) is 0 Å². The molecule has 0 atom stereocenters. The van der Waals surface area contributed by atoms with Gasteiger partial charge in [0.2, 0.25) is 5.92 Å². The topological polar surface area (TPSA) is 0 Å². The van der Waals surface area contributed by atoms with Crippen molar-refractivity contribution in [3.8, 4) is 0 Å². The summed E-state index contributed by atoms with van der Waals surface area (Å²) in [6.07, 6.45) is 0. The third kappa shape index (κ3) is 51.6. The highest BCUT2D eigenvalue weighted by molar-refractivity contribution is 4.99. The van der Waals surface area contributed by atoms with Crippen molar-refractivity contribution in [1.82, 2.24) is 0 Å². The Hall–Kier alpha value is -1.70. The summed E-state index contributed by atoms with van der Waals surface area (Å²) in [6, 6.07) is 24.0. The molecule has 0 aliphatic heterocycles. The van der Waals surface area contributed by atoms with Gasteiger partial charge in [0.15, 0.2) is 0 Å². The normalized spacial score (nSPS) is 7.64. The molecular weight excluding hydrogens is 278 g/mol. The molecule has 2 rings (SSSR count). The second-order valence-corrected chi connectivity index (χ2v) is 3.64. The van der Waals surface area contributed by atoms with Gasteiger partial charge in [-0.15, -0.1) is 0 Å². The Kier molecular flexibility index (Phi) is 31.5. The number of hydrogen-bond donors (Lipinski definition) is 0. The average Bonchev–Trinajstić information content (AvgIpc) is 2.54. The molecular formula is C20H34F2. The van der Waals surface area contributed by atoms with Crippen LogP contribution in [0, 0.1) is 0 Å². The maximum absolute atomic E-state index is 11.0. The van der Waals surface area contributed by atoms with Gasteiger partial charge in [-0.25, -0.2) is 8.78 Å². The Morgan fingerprint density at radius 2 is 0.500 bits per heavy atom. The summed E-state index contributed by atoms with van der Waals surface area (Å²) in [7, 11) is 0. The SMILES string of the molecule is C.CC.CC.CC(C)(F)F.c1ccccc1.c1ccccc1.